The lowest BCUT2D eigenvalue weighted by Crippen LogP contribution is -2.61. The van der Waals surface area contributed by atoms with Gasteiger partial charge in [-0.1, -0.05) is 5.10 Å². The predicted molar refractivity (Wildman–Crippen MR) is 34.5 cm³/mol. The summed E-state index contributed by atoms with van der Waals surface area (Å²) in [4.78, 5) is 12.3. The van der Waals surface area contributed by atoms with Crippen LogP contribution >= 0.6 is 0 Å². The smallest absolute Gasteiger partial charge is 0.272 e. The Morgan fingerprint density at radius 1 is 1.73 bits per heavy atom. The number of H-pyrrole nitrogens is 1. The van der Waals surface area contributed by atoms with Gasteiger partial charge < -0.3 is 5.73 Å². The highest BCUT2D eigenvalue weighted by Gasteiger charge is 2.36. The monoisotopic (exact) mass is 154 g/mol. The fourth-order valence-corrected chi connectivity index (χ4v) is 0.904. The molecule has 0 aliphatic carbocycles. The van der Waals surface area contributed by atoms with Gasteiger partial charge in [-0.2, -0.15) is 5.21 Å². The predicted octanol–water partition coefficient (Wildman–Crippen LogP) is -2.13. The topological polar surface area (TPSA) is 101 Å². The second kappa shape index (κ2) is 1.99. The number of nitrogens with two attached hydrogens (primary N) is 1. The lowest BCUT2D eigenvalue weighted by Gasteiger charge is -2.32. The molecular weight excluding hydrogens is 148 g/mol. The van der Waals surface area contributed by atoms with Gasteiger partial charge in [0.25, 0.3) is 5.95 Å². The van der Waals surface area contributed by atoms with E-state index in [0.29, 0.717) is 6.54 Å². The molecule has 1 atom stereocenters. The maximum Gasteiger partial charge on any atom is 0.272 e. The molecule has 7 nitrogen and oxygen atoms in total. The normalized spacial score (nSPS) is 23.5. The van der Waals surface area contributed by atoms with Crippen LogP contribution in [-0.4, -0.2) is 39.1 Å². The molecule has 1 aliphatic rings. The zero-order valence-corrected chi connectivity index (χ0v) is 5.56. The molecule has 3 N–H and O–H groups in total. The molecule has 1 fully saturated rings. The van der Waals surface area contributed by atoms with Gasteiger partial charge in [-0.25, -0.2) is 0 Å². The van der Waals surface area contributed by atoms with Gasteiger partial charge in [0, 0.05) is 0 Å². The first-order valence-corrected chi connectivity index (χ1v) is 3.09. The standard InChI is InChI=1S/C4H6N6O/c5-2-1-10(3(2)11)4-6-8-9-7-4/h2H,1,5H2,(H,6,7,8,9). The maximum absolute atomic E-state index is 10.9. The number of anilines is 1. The number of aromatic nitrogens is 4. The van der Waals surface area contributed by atoms with Crippen molar-refractivity contribution in [3.05, 3.63) is 0 Å². The minimum Gasteiger partial charge on any atom is -0.318 e. The van der Waals surface area contributed by atoms with Crippen LogP contribution in [0.25, 0.3) is 0 Å². The number of amides is 1. The molecule has 7 heteroatoms. The molecule has 0 radical (unpaired) electrons. The third kappa shape index (κ3) is 0.777. The van der Waals surface area contributed by atoms with Crippen LogP contribution in [0, 0.1) is 0 Å². The van der Waals surface area contributed by atoms with Crippen molar-refractivity contribution >= 4 is 11.9 Å². The van der Waals surface area contributed by atoms with Crippen molar-refractivity contribution in [2.24, 2.45) is 5.73 Å². The van der Waals surface area contributed by atoms with Crippen LogP contribution in [0.1, 0.15) is 0 Å². The van der Waals surface area contributed by atoms with Gasteiger partial charge in [-0.15, -0.1) is 5.10 Å². The van der Waals surface area contributed by atoms with Gasteiger partial charge >= 0.3 is 0 Å². The van der Waals surface area contributed by atoms with Crippen LogP contribution in [0.4, 0.5) is 5.95 Å². The van der Waals surface area contributed by atoms with Crippen molar-refractivity contribution in [1.82, 2.24) is 20.6 Å². The molecule has 0 saturated carbocycles. The first kappa shape index (κ1) is 6.23. The molecule has 11 heavy (non-hydrogen) atoms. The van der Waals surface area contributed by atoms with Crippen molar-refractivity contribution in [3.8, 4) is 0 Å². The van der Waals surface area contributed by atoms with E-state index in [0.717, 1.165) is 0 Å². The minimum atomic E-state index is -0.395. The molecule has 2 rings (SSSR count). The summed E-state index contributed by atoms with van der Waals surface area (Å²) in [6, 6.07) is -0.395. The number of tetrazole rings is 1. The van der Waals surface area contributed by atoms with Crippen molar-refractivity contribution in [1.29, 1.82) is 0 Å². The summed E-state index contributed by atoms with van der Waals surface area (Å²) in [5, 5.41) is 12.8. The molecule has 0 aromatic carbocycles. The second-order valence-corrected chi connectivity index (χ2v) is 2.27. The van der Waals surface area contributed by atoms with Gasteiger partial charge in [-0.05, 0) is 5.21 Å². The van der Waals surface area contributed by atoms with Gasteiger partial charge in [-0.3, -0.25) is 9.69 Å². The Morgan fingerprint density at radius 3 is 3.00 bits per heavy atom. The van der Waals surface area contributed by atoms with Crippen LogP contribution in [0.2, 0.25) is 0 Å². The number of hydrogen-bond donors (Lipinski definition) is 2. The first-order valence-electron chi connectivity index (χ1n) is 3.09. The number of nitrogens with one attached hydrogen (secondary N) is 1. The van der Waals surface area contributed by atoms with Crippen LogP contribution in [0.15, 0.2) is 0 Å². The number of carbonyl (C=O) groups is 1. The van der Waals surface area contributed by atoms with E-state index in [2.05, 4.69) is 20.6 Å². The minimum absolute atomic E-state index is 0.161. The van der Waals surface area contributed by atoms with E-state index in [-0.39, 0.29) is 11.9 Å². The highest BCUT2D eigenvalue weighted by Crippen LogP contribution is 2.13. The van der Waals surface area contributed by atoms with E-state index in [1.165, 1.54) is 4.90 Å². The second-order valence-electron chi connectivity index (χ2n) is 2.27. The van der Waals surface area contributed by atoms with E-state index in [4.69, 9.17) is 5.73 Å². The Bertz CT molecular complexity index is 268. The molecule has 1 amide bonds. The largest absolute Gasteiger partial charge is 0.318 e. The van der Waals surface area contributed by atoms with Crippen LogP contribution in [0.3, 0.4) is 0 Å². The summed E-state index contributed by atoms with van der Waals surface area (Å²) in [6.07, 6.45) is 0. The van der Waals surface area contributed by atoms with Crippen molar-refractivity contribution in [3.63, 3.8) is 0 Å². The molecule has 0 bridgehead atoms. The molecule has 1 aromatic rings. The molecule has 2 heterocycles. The average molecular weight is 154 g/mol. The zero-order chi connectivity index (χ0) is 7.84. The highest BCUT2D eigenvalue weighted by atomic mass is 16.2. The molecular formula is C4H6N6O. The fraction of sp³-hybridized carbons (Fsp3) is 0.500. The summed E-state index contributed by atoms with van der Waals surface area (Å²) >= 11 is 0. The lowest BCUT2D eigenvalue weighted by molar-refractivity contribution is -0.123. The molecule has 1 saturated heterocycles. The zero-order valence-electron chi connectivity index (χ0n) is 5.56. The van der Waals surface area contributed by atoms with Crippen molar-refractivity contribution in [2.45, 2.75) is 6.04 Å². The van der Waals surface area contributed by atoms with Crippen LogP contribution in [0.5, 0.6) is 0 Å². The van der Waals surface area contributed by atoms with Crippen LogP contribution < -0.4 is 10.6 Å². The Kier molecular flexibility index (Phi) is 1.13. The van der Waals surface area contributed by atoms with Gasteiger partial charge in [0.05, 0.1) is 6.54 Å². The fourth-order valence-electron chi connectivity index (χ4n) is 0.904. The van der Waals surface area contributed by atoms with E-state index in [1.807, 2.05) is 0 Å². The van der Waals surface area contributed by atoms with Gasteiger partial charge in [0.2, 0.25) is 5.91 Å². The lowest BCUT2D eigenvalue weighted by atomic mass is 10.1. The number of hydrogen-bond acceptors (Lipinski definition) is 5. The van der Waals surface area contributed by atoms with E-state index in [1.54, 1.807) is 0 Å². The number of aromatic amines is 1. The average Bonchev–Trinajstić information content (AvgIpc) is 2.51. The van der Waals surface area contributed by atoms with Gasteiger partial charge in [0.1, 0.15) is 6.04 Å². The maximum atomic E-state index is 10.9. The van der Waals surface area contributed by atoms with Gasteiger partial charge in [0.15, 0.2) is 0 Å². The molecule has 1 aliphatic heterocycles. The molecule has 1 aromatic heterocycles. The summed E-state index contributed by atoms with van der Waals surface area (Å²) in [7, 11) is 0. The highest BCUT2D eigenvalue weighted by molar-refractivity contribution is 6.02. The summed E-state index contributed by atoms with van der Waals surface area (Å²) in [6.45, 7) is 0.471. The summed E-state index contributed by atoms with van der Waals surface area (Å²) in [5.74, 6) is 0.128. The first-order chi connectivity index (χ1) is 5.29. The Hall–Kier alpha value is -1.50. The Balaban J connectivity index is 2.16. The number of rotatable bonds is 1. The quantitative estimate of drug-likeness (QED) is 0.450. The van der Waals surface area contributed by atoms with E-state index < -0.39 is 6.04 Å². The van der Waals surface area contributed by atoms with E-state index in [9.17, 15) is 4.79 Å². The number of nitrogens with zero attached hydrogens (tertiary/aromatic N) is 4. The Labute approximate surface area is 61.6 Å². The third-order valence-corrected chi connectivity index (χ3v) is 1.54. The number of β-lactam (4-membered cyclic amide) rings is 1. The Morgan fingerprint density at radius 2 is 2.55 bits per heavy atom. The summed E-state index contributed by atoms with van der Waals surface area (Å²) in [5.41, 5.74) is 5.34. The van der Waals surface area contributed by atoms with Crippen molar-refractivity contribution < 1.29 is 4.79 Å². The SMILES string of the molecule is NC1CN(c2nn[nH]n2)C1=O. The van der Waals surface area contributed by atoms with Crippen LogP contribution in [-0.2, 0) is 4.79 Å². The molecule has 0 spiro atoms. The van der Waals surface area contributed by atoms with Crippen molar-refractivity contribution in [2.75, 3.05) is 11.4 Å². The third-order valence-electron chi connectivity index (χ3n) is 1.54. The van der Waals surface area contributed by atoms with E-state index >= 15 is 0 Å². The number of carbonyl (C=O) groups excluding carboxylic acids is 1. The summed E-state index contributed by atoms with van der Waals surface area (Å²) < 4.78 is 0. The molecule has 58 valence electrons. The molecule has 1 unspecified atom stereocenters.